The number of quaternary nitrogens is 2. The van der Waals surface area contributed by atoms with Crippen LogP contribution in [0, 0.1) is 0 Å². The lowest BCUT2D eigenvalue weighted by molar-refractivity contribution is -1.03. The van der Waals surface area contributed by atoms with Crippen molar-refractivity contribution in [3.8, 4) is 11.5 Å². The van der Waals surface area contributed by atoms with Crippen molar-refractivity contribution in [2.24, 2.45) is 0 Å². The summed E-state index contributed by atoms with van der Waals surface area (Å²) in [4.78, 5) is 18.4. The molecule has 3 heterocycles. The first-order valence-corrected chi connectivity index (χ1v) is 11.3. The predicted octanol–water partition coefficient (Wildman–Crippen LogP) is -0.701. The van der Waals surface area contributed by atoms with Crippen LogP contribution in [0.3, 0.4) is 0 Å². The second-order valence-corrected chi connectivity index (χ2v) is 8.55. The topological polar surface area (TPSA) is 56.9 Å². The molecular weight excluding hydrogens is 394 g/mol. The van der Waals surface area contributed by atoms with Gasteiger partial charge in [-0.05, 0) is 18.2 Å². The van der Waals surface area contributed by atoms with Gasteiger partial charge in [0.25, 0.3) is 5.91 Å². The fraction of sp³-hybridized carbons (Fsp3) is 0.458. The quantitative estimate of drug-likeness (QED) is 0.665. The Morgan fingerprint density at radius 1 is 0.935 bits per heavy atom. The van der Waals surface area contributed by atoms with Crippen molar-refractivity contribution in [3.63, 3.8) is 0 Å². The standard InChI is InChI=1S/C24H29N3O4/c28-24(27-12-14-29-15-13-27)23(20-4-2-1-3-5-20)26-10-8-25(9-11-26)17-19-6-7-21-22(16-19)31-18-30-21/h1-7,16,23H,8-15,17-18H2/p+2/t23-/m0/s1. The summed E-state index contributed by atoms with van der Waals surface area (Å²) in [5.41, 5.74) is 2.39. The summed E-state index contributed by atoms with van der Waals surface area (Å²) in [5, 5.41) is 0. The molecule has 2 N–H and O–H groups in total. The molecule has 31 heavy (non-hydrogen) atoms. The lowest BCUT2D eigenvalue weighted by Crippen LogP contribution is -3.28. The summed E-state index contributed by atoms with van der Waals surface area (Å²) in [6.45, 7) is 7.99. The summed E-state index contributed by atoms with van der Waals surface area (Å²) in [7, 11) is 0. The highest BCUT2D eigenvalue weighted by molar-refractivity contribution is 5.82. The first-order chi connectivity index (χ1) is 15.3. The van der Waals surface area contributed by atoms with E-state index in [9.17, 15) is 4.79 Å². The number of piperazine rings is 1. The molecule has 0 radical (unpaired) electrons. The zero-order valence-corrected chi connectivity index (χ0v) is 17.8. The van der Waals surface area contributed by atoms with Crippen molar-refractivity contribution < 1.29 is 28.8 Å². The lowest BCUT2D eigenvalue weighted by Gasteiger charge is -2.37. The number of rotatable bonds is 5. The molecule has 3 aliphatic heterocycles. The van der Waals surface area contributed by atoms with Crippen molar-refractivity contribution in [2.45, 2.75) is 12.6 Å². The molecule has 0 aromatic heterocycles. The van der Waals surface area contributed by atoms with Gasteiger partial charge in [0.15, 0.2) is 17.5 Å². The summed E-state index contributed by atoms with van der Waals surface area (Å²) < 4.78 is 16.4. The molecule has 2 aromatic carbocycles. The highest BCUT2D eigenvalue weighted by Gasteiger charge is 2.38. The van der Waals surface area contributed by atoms with E-state index in [1.54, 1.807) is 4.90 Å². The Morgan fingerprint density at radius 2 is 1.68 bits per heavy atom. The second kappa shape index (κ2) is 9.26. The van der Waals surface area contributed by atoms with E-state index >= 15 is 0 Å². The summed E-state index contributed by atoms with van der Waals surface area (Å²) in [6, 6.07) is 16.4. The van der Waals surface area contributed by atoms with Crippen molar-refractivity contribution in [1.29, 1.82) is 0 Å². The molecule has 0 aliphatic carbocycles. The van der Waals surface area contributed by atoms with Gasteiger partial charge in [-0.25, -0.2) is 0 Å². The van der Waals surface area contributed by atoms with Gasteiger partial charge in [0.1, 0.15) is 32.7 Å². The molecule has 1 atom stereocenters. The number of carbonyl (C=O) groups excluding carboxylic acids is 1. The zero-order chi connectivity index (χ0) is 21.0. The number of carbonyl (C=O) groups is 1. The maximum atomic E-state index is 13.5. The minimum atomic E-state index is -0.133. The van der Waals surface area contributed by atoms with Gasteiger partial charge in [-0.1, -0.05) is 30.3 Å². The monoisotopic (exact) mass is 425 g/mol. The van der Waals surface area contributed by atoms with Crippen LogP contribution >= 0.6 is 0 Å². The zero-order valence-electron chi connectivity index (χ0n) is 17.8. The maximum absolute atomic E-state index is 13.5. The van der Waals surface area contributed by atoms with Crippen molar-refractivity contribution in [2.75, 3.05) is 59.3 Å². The van der Waals surface area contributed by atoms with Gasteiger partial charge in [0.05, 0.1) is 13.2 Å². The van der Waals surface area contributed by atoms with Crippen LogP contribution in [-0.4, -0.2) is 70.1 Å². The van der Waals surface area contributed by atoms with E-state index in [0.29, 0.717) is 33.1 Å². The molecule has 7 nitrogen and oxygen atoms in total. The highest BCUT2D eigenvalue weighted by atomic mass is 16.7. The average molecular weight is 426 g/mol. The van der Waals surface area contributed by atoms with E-state index in [-0.39, 0.29) is 11.9 Å². The van der Waals surface area contributed by atoms with E-state index in [4.69, 9.17) is 14.2 Å². The minimum absolute atomic E-state index is 0.133. The minimum Gasteiger partial charge on any atom is -0.454 e. The molecule has 0 saturated carbocycles. The normalized spacial score (nSPS) is 24.1. The van der Waals surface area contributed by atoms with E-state index < -0.39 is 0 Å². The van der Waals surface area contributed by atoms with Gasteiger partial charge in [0.2, 0.25) is 6.79 Å². The largest absolute Gasteiger partial charge is 0.454 e. The molecule has 2 fully saturated rings. The molecule has 2 aromatic rings. The smallest absolute Gasteiger partial charge is 0.285 e. The van der Waals surface area contributed by atoms with Crippen molar-refractivity contribution in [3.05, 3.63) is 59.7 Å². The number of amides is 1. The van der Waals surface area contributed by atoms with Crippen molar-refractivity contribution >= 4 is 5.91 Å². The maximum Gasteiger partial charge on any atom is 0.285 e. The predicted molar refractivity (Wildman–Crippen MR) is 114 cm³/mol. The van der Waals surface area contributed by atoms with E-state index in [0.717, 1.165) is 49.8 Å². The Balaban J connectivity index is 1.25. The number of ether oxygens (including phenoxy) is 3. The number of nitrogens with zero attached hydrogens (tertiary/aromatic N) is 1. The first-order valence-electron chi connectivity index (χ1n) is 11.3. The van der Waals surface area contributed by atoms with Crippen LogP contribution in [0.15, 0.2) is 48.5 Å². The number of morpholine rings is 1. The van der Waals surface area contributed by atoms with Crippen LogP contribution in [0.2, 0.25) is 0 Å². The van der Waals surface area contributed by atoms with E-state index in [1.807, 2.05) is 29.2 Å². The third kappa shape index (κ3) is 4.54. The molecule has 7 heteroatoms. The third-order valence-electron chi connectivity index (χ3n) is 6.60. The SMILES string of the molecule is O=C([C@H](c1ccccc1)[NH+]1CC[NH+](Cc2ccc3c(c2)OCO3)CC1)N1CCOCC1. The van der Waals surface area contributed by atoms with Crippen molar-refractivity contribution in [1.82, 2.24) is 4.90 Å². The Morgan fingerprint density at radius 3 is 2.45 bits per heavy atom. The molecule has 5 rings (SSSR count). The third-order valence-corrected chi connectivity index (χ3v) is 6.60. The Bertz CT molecular complexity index is 893. The molecule has 1 amide bonds. The number of nitrogens with one attached hydrogen (secondary N) is 2. The number of benzene rings is 2. The Hall–Kier alpha value is -2.61. The van der Waals surface area contributed by atoms with Crippen LogP contribution < -0.4 is 19.3 Å². The van der Waals surface area contributed by atoms with Crippen LogP contribution in [0.4, 0.5) is 0 Å². The summed E-state index contributed by atoms with van der Waals surface area (Å²) in [5.74, 6) is 1.92. The lowest BCUT2D eigenvalue weighted by atomic mass is 10.0. The number of hydrogen-bond donors (Lipinski definition) is 2. The van der Waals surface area contributed by atoms with Crippen LogP contribution in [0.25, 0.3) is 0 Å². The van der Waals surface area contributed by atoms with E-state index in [2.05, 4.69) is 24.3 Å². The van der Waals surface area contributed by atoms with Gasteiger partial charge in [0, 0.05) is 24.2 Å². The van der Waals surface area contributed by atoms with E-state index in [1.165, 1.54) is 10.5 Å². The average Bonchev–Trinajstić information content (AvgIpc) is 3.30. The first kappa shape index (κ1) is 20.3. The van der Waals surface area contributed by atoms with Gasteiger partial charge in [-0.2, -0.15) is 0 Å². The van der Waals surface area contributed by atoms with Gasteiger partial charge in [-0.3, -0.25) is 4.79 Å². The molecule has 3 aliphatic rings. The van der Waals surface area contributed by atoms with Crippen LogP contribution in [-0.2, 0) is 16.1 Å². The fourth-order valence-electron chi connectivity index (χ4n) is 4.89. The Kier molecular flexibility index (Phi) is 6.06. The van der Waals surface area contributed by atoms with Crippen LogP contribution in [0.1, 0.15) is 17.2 Å². The molecular formula is C24H31N3O4+2. The molecule has 2 saturated heterocycles. The van der Waals surface area contributed by atoms with Crippen LogP contribution in [0.5, 0.6) is 11.5 Å². The van der Waals surface area contributed by atoms with Gasteiger partial charge >= 0.3 is 0 Å². The second-order valence-electron chi connectivity index (χ2n) is 8.55. The molecule has 0 bridgehead atoms. The molecule has 0 unspecified atom stereocenters. The van der Waals surface area contributed by atoms with Gasteiger partial charge in [-0.15, -0.1) is 0 Å². The summed E-state index contributed by atoms with van der Waals surface area (Å²) >= 11 is 0. The highest BCUT2D eigenvalue weighted by Crippen LogP contribution is 2.32. The Labute approximate surface area is 183 Å². The van der Waals surface area contributed by atoms with Gasteiger partial charge < -0.3 is 28.9 Å². The molecule has 0 spiro atoms. The fourth-order valence-corrected chi connectivity index (χ4v) is 4.89. The molecule has 164 valence electrons. The number of fused-ring (bicyclic) bond motifs is 1. The summed E-state index contributed by atoms with van der Waals surface area (Å²) in [6.07, 6.45) is 0. The number of hydrogen-bond acceptors (Lipinski definition) is 4.